The van der Waals surface area contributed by atoms with Gasteiger partial charge in [-0.15, -0.1) is 0 Å². The Bertz CT molecular complexity index is 784. The average molecular weight is 397 g/mol. The van der Waals surface area contributed by atoms with Gasteiger partial charge in [-0.2, -0.15) is 5.10 Å². The predicted molar refractivity (Wildman–Crippen MR) is 116 cm³/mol. The Morgan fingerprint density at radius 3 is 2.69 bits per heavy atom. The second-order valence-electron chi connectivity index (χ2n) is 7.47. The molecule has 1 unspecified atom stereocenters. The van der Waals surface area contributed by atoms with Crippen LogP contribution in [0.4, 0.5) is 0 Å². The minimum Gasteiger partial charge on any atom is -0.356 e. The highest BCUT2D eigenvalue weighted by atomic mass is 16.2. The zero-order chi connectivity index (χ0) is 20.5. The van der Waals surface area contributed by atoms with Crippen LogP contribution in [0.1, 0.15) is 38.2 Å². The van der Waals surface area contributed by atoms with Crippen molar-refractivity contribution < 1.29 is 4.79 Å². The van der Waals surface area contributed by atoms with Gasteiger partial charge in [-0.3, -0.25) is 9.79 Å². The summed E-state index contributed by atoms with van der Waals surface area (Å²) >= 11 is 0. The van der Waals surface area contributed by atoms with Gasteiger partial charge in [0.25, 0.3) is 0 Å². The molecule has 2 N–H and O–H groups in total. The number of nitrogens with one attached hydrogen (secondary N) is 2. The molecule has 1 aromatic heterocycles. The van der Waals surface area contributed by atoms with Crippen LogP contribution in [0.2, 0.25) is 0 Å². The molecule has 2 aromatic rings. The van der Waals surface area contributed by atoms with Crippen LogP contribution in [0.25, 0.3) is 5.69 Å². The van der Waals surface area contributed by atoms with Crippen LogP contribution in [0.3, 0.4) is 0 Å². The van der Waals surface area contributed by atoms with Crippen molar-refractivity contribution in [2.75, 3.05) is 26.7 Å². The van der Waals surface area contributed by atoms with E-state index in [0.29, 0.717) is 19.0 Å². The number of piperidine rings is 1. The number of benzene rings is 1. The van der Waals surface area contributed by atoms with Crippen LogP contribution in [0, 0.1) is 0 Å². The SMILES string of the molecule is CN=C(NCCC(=O)N1CCCCC1C)NCCc1ccc(-n2cccn2)cc1. The third-order valence-electron chi connectivity index (χ3n) is 5.39. The van der Waals surface area contributed by atoms with Crippen LogP contribution in [0.15, 0.2) is 47.7 Å². The molecule has 0 spiro atoms. The number of rotatable bonds is 7. The van der Waals surface area contributed by atoms with Crippen LogP contribution >= 0.6 is 0 Å². The van der Waals surface area contributed by atoms with E-state index < -0.39 is 0 Å². The molecule has 29 heavy (non-hydrogen) atoms. The fraction of sp³-hybridized carbons (Fsp3) is 0.500. The summed E-state index contributed by atoms with van der Waals surface area (Å²) in [7, 11) is 1.75. The largest absolute Gasteiger partial charge is 0.356 e. The molecule has 1 aliphatic rings. The van der Waals surface area contributed by atoms with E-state index in [0.717, 1.165) is 44.0 Å². The number of hydrogen-bond donors (Lipinski definition) is 2. The fourth-order valence-corrected chi connectivity index (χ4v) is 3.68. The standard InChI is InChI=1S/C22H32N6O/c1-18-6-3-4-16-27(18)21(29)12-15-25-22(23-2)24-14-11-19-7-9-20(10-8-19)28-17-5-13-26-28/h5,7-10,13,17-18H,3-4,6,11-12,14-16H2,1-2H3,(H2,23,24,25). The molecule has 2 heterocycles. The molecule has 7 nitrogen and oxygen atoms in total. The number of amides is 1. The van der Waals surface area contributed by atoms with Crippen LogP contribution < -0.4 is 10.6 Å². The number of nitrogens with zero attached hydrogens (tertiary/aromatic N) is 4. The Morgan fingerprint density at radius 1 is 1.21 bits per heavy atom. The minimum atomic E-state index is 0.234. The van der Waals surface area contributed by atoms with E-state index >= 15 is 0 Å². The maximum atomic E-state index is 12.4. The molecule has 0 aliphatic carbocycles. The molecule has 156 valence electrons. The zero-order valence-corrected chi connectivity index (χ0v) is 17.5. The van der Waals surface area contributed by atoms with Crippen molar-refractivity contribution in [1.82, 2.24) is 25.3 Å². The molecule has 0 radical (unpaired) electrons. The number of hydrogen-bond acceptors (Lipinski definition) is 3. The fourth-order valence-electron chi connectivity index (χ4n) is 3.68. The van der Waals surface area contributed by atoms with Crippen molar-refractivity contribution in [3.63, 3.8) is 0 Å². The Balaban J connectivity index is 1.36. The summed E-state index contributed by atoms with van der Waals surface area (Å²) in [5.41, 5.74) is 2.30. The second kappa shape index (κ2) is 10.6. The molecular formula is C22H32N6O. The quantitative estimate of drug-likeness (QED) is 0.557. The average Bonchev–Trinajstić information content (AvgIpc) is 3.28. The number of carbonyl (C=O) groups is 1. The highest BCUT2D eigenvalue weighted by Crippen LogP contribution is 2.17. The first-order chi connectivity index (χ1) is 14.2. The lowest BCUT2D eigenvalue weighted by atomic mass is 10.0. The molecule has 1 aromatic carbocycles. The normalized spacial score (nSPS) is 17.2. The Hall–Kier alpha value is -2.83. The van der Waals surface area contributed by atoms with Crippen molar-refractivity contribution in [3.8, 4) is 5.69 Å². The molecule has 1 atom stereocenters. The van der Waals surface area contributed by atoms with Gasteiger partial charge < -0.3 is 15.5 Å². The molecule has 1 saturated heterocycles. The summed E-state index contributed by atoms with van der Waals surface area (Å²) in [5.74, 6) is 0.968. The maximum Gasteiger partial charge on any atom is 0.224 e. The van der Waals surface area contributed by atoms with E-state index in [1.54, 1.807) is 13.2 Å². The van der Waals surface area contributed by atoms with Crippen LogP contribution in [-0.2, 0) is 11.2 Å². The monoisotopic (exact) mass is 396 g/mol. The van der Waals surface area contributed by atoms with E-state index in [1.165, 1.54) is 12.0 Å². The van der Waals surface area contributed by atoms with Crippen molar-refractivity contribution in [1.29, 1.82) is 0 Å². The summed E-state index contributed by atoms with van der Waals surface area (Å²) in [4.78, 5) is 18.7. The summed E-state index contributed by atoms with van der Waals surface area (Å²) in [6.45, 7) is 4.41. The van der Waals surface area contributed by atoms with Crippen molar-refractivity contribution in [3.05, 3.63) is 48.3 Å². The molecule has 0 saturated carbocycles. The lowest BCUT2D eigenvalue weighted by Crippen LogP contribution is -2.44. The molecule has 1 amide bonds. The Morgan fingerprint density at radius 2 is 2.00 bits per heavy atom. The van der Waals surface area contributed by atoms with Gasteiger partial charge in [-0.25, -0.2) is 4.68 Å². The van der Waals surface area contributed by atoms with Crippen molar-refractivity contribution in [2.24, 2.45) is 4.99 Å². The van der Waals surface area contributed by atoms with Gasteiger partial charge in [0.2, 0.25) is 5.91 Å². The number of carbonyl (C=O) groups excluding carboxylic acids is 1. The topological polar surface area (TPSA) is 74.6 Å². The molecule has 3 rings (SSSR count). The number of likely N-dealkylation sites (tertiary alicyclic amines) is 1. The van der Waals surface area contributed by atoms with E-state index in [1.807, 2.05) is 21.8 Å². The van der Waals surface area contributed by atoms with Gasteiger partial charge in [0.1, 0.15) is 0 Å². The van der Waals surface area contributed by atoms with E-state index in [-0.39, 0.29) is 5.91 Å². The van der Waals surface area contributed by atoms with Gasteiger partial charge in [0.05, 0.1) is 5.69 Å². The van der Waals surface area contributed by atoms with Crippen molar-refractivity contribution in [2.45, 2.75) is 45.1 Å². The third-order valence-corrected chi connectivity index (χ3v) is 5.39. The molecule has 1 aliphatic heterocycles. The van der Waals surface area contributed by atoms with Gasteiger partial charge in [0, 0.05) is 51.5 Å². The van der Waals surface area contributed by atoms with E-state index in [4.69, 9.17) is 0 Å². The van der Waals surface area contributed by atoms with Gasteiger partial charge in [0.15, 0.2) is 5.96 Å². The highest BCUT2D eigenvalue weighted by molar-refractivity contribution is 5.81. The summed E-state index contributed by atoms with van der Waals surface area (Å²) in [6, 6.07) is 10.7. The zero-order valence-electron chi connectivity index (χ0n) is 17.5. The van der Waals surface area contributed by atoms with Crippen molar-refractivity contribution >= 4 is 11.9 Å². The van der Waals surface area contributed by atoms with E-state index in [9.17, 15) is 4.79 Å². The number of aromatic nitrogens is 2. The van der Waals surface area contributed by atoms with Crippen LogP contribution in [0.5, 0.6) is 0 Å². The molecule has 7 heteroatoms. The molecule has 0 bridgehead atoms. The van der Waals surface area contributed by atoms with E-state index in [2.05, 4.69) is 51.9 Å². The maximum absolute atomic E-state index is 12.4. The number of guanidine groups is 1. The van der Waals surface area contributed by atoms with Gasteiger partial charge in [-0.1, -0.05) is 12.1 Å². The second-order valence-corrected chi connectivity index (χ2v) is 7.47. The Labute approximate surface area is 173 Å². The summed E-state index contributed by atoms with van der Waals surface area (Å²) in [6.07, 6.45) is 8.57. The third kappa shape index (κ3) is 6.07. The molecule has 1 fully saturated rings. The summed E-state index contributed by atoms with van der Waals surface area (Å²) in [5, 5.41) is 10.8. The predicted octanol–water partition coefficient (Wildman–Crippen LogP) is 2.37. The first-order valence-corrected chi connectivity index (χ1v) is 10.5. The summed E-state index contributed by atoms with van der Waals surface area (Å²) < 4.78 is 1.85. The minimum absolute atomic E-state index is 0.234. The smallest absolute Gasteiger partial charge is 0.224 e. The lowest BCUT2D eigenvalue weighted by Gasteiger charge is -2.33. The van der Waals surface area contributed by atoms with Crippen LogP contribution in [-0.4, -0.2) is 59.3 Å². The first-order valence-electron chi connectivity index (χ1n) is 10.5. The lowest BCUT2D eigenvalue weighted by molar-refractivity contribution is -0.134. The highest BCUT2D eigenvalue weighted by Gasteiger charge is 2.22. The Kier molecular flexibility index (Phi) is 7.67. The number of aliphatic imine (C=N–C) groups is 1. The molecular weight excluding hydrogens is 364 g/mol. The van der Waals surface area contributed by atoms with Gasteiger partial charge >= 0.3 is 0 Å². The van der Waals surface area contributed by atoms with Gasteiger partial charge in [-0.05, 0) is 56.4 Å². The first kappa shape index (κ1) is 20.9.